The smallest absolute Gasteiger partial charge is 0.338 e. The largest absolute Gasteiger partial charge is 0.462 e. The minimum atomic E-state index is -0.452. The summed E-state index contributed by atoms with van der Waals surface area (Å²) in [7, 11) is 1.82. The Balaban J connectivity index is 1.99. The number of nitrogens with zero attached hydrogens (tertiary/aromatic N) is 2. The first-order valence-corrected chi connectivity index (χ1v) is 9.68. The van der Waals surface area contributed by atoms with Gasteiger partial charge in [0.2, 0.25) is 0 Å². The van der Waals surface area contributed by atoms with Crippen LogP contribution in [0.25, 0.3) is 11.3 Å². The molecule has 0 aliphatic heterocycles. The van der Waals surface area contributed by atoms with Gasteiger partial charge in [-0.15, -0.1) is 0 Å². The fraction of sp³-hybridized carbons (Fsp3) is 0.174. The lowest BCUT2D eigenvalue weighted by atomic mass is 10.0. The van der Waals surface area contributed by atoms with E-state index in [1.165, 1.54) is 0 Å². The zero-order valence-electron chi connectivity index (χ0n) is 16.8. The summed E-state index contributed by atoms with van der Waals surface area (Å²) < 4.78 is 6.99. The maximum Gasteiger partial charge on any atom is 0.338 e. The number of carbonyl (C=O) groups excluding carboxylic acids is 2. The number of hydrogen-bond acceptors (Lipinski definition) is 4. The van der Waals surface area contributed by atoms with Crippen molar-refractivity contribution in [3.63, 3.8) is 0 Å². The molecule has 0 saturated carbocycles. The van der Waals surface area contributed by atoms with Crippen LogP contribution >= 0.6 is 11.6 Å². The number of hydrogen-bond donors (Lipinski definition) is 1. The third kappa shape index (κ3) is 4.22. The lowest BCUT2D eigenvalue weighted by Crippen LogP contribution is -2.12. The van der Waals surface area contributed by atoms with Gasteiger partial charge in [0.1, 0.15) is 0 Å². The molecule has 3 rings (SSSR count). The number of aromatic nitrogens is 1. The van der Waals surface area contributed by atoms with E-state index in [9.17, 15) is 9.59 Å². The fourth-order valence-electron chi connectivity index (χ4n) is 3.13. The summed E-state index contributed by atoms with van der Waals surface area (Å²) in [5.41, 5.74) is 3.92. The third-order valence-corrected chi connectivity index (χ3v) is 5.04. The van der Waals surface area contributed by atoms with Gasteiger partial charge in [0.15, 0.2) is 0 Å². The van der Waals surface area contributed by atoms with Gasteiger partial charge >= 0.3 is 5.97 Å². The molecule has 7 heteroatoms. The molecule has 152 valence electrons. The Bertz CT molecular complexity index is 1160. The van der Waals surface area contributed by atoms with E-state index in [1.807, 2.05) is 24.6 Å². The third-order valence-electron chi connectivity index (χ3n) is 4.80. The van der Waals surface area contributed by atoms with E-state index in [4.69, 9.17) is 21.6 Å². The Labute approximate surface area is 179 Å². The van der Waals surface area contributed by atoms with Gasteiger partial charge < -0.3 is 14.6 Å². The predicted molar refractivity (Wildman–Crippen MR) is 116 cm³/mol. The molecule has 1 amide bonds. The van der Waals surface area contributed by atoms with Crippen molar-refractivity contribution in [3.05, 3.63) is 75.9 Å². The van der Waals surface area contributed by atoms with Crippen LogP contribution in [0.15, 0.2) is 48.5 Å². The predicted octanol–water partition coefficient (Wildman–Crippen LogP) is 4.95. The summed E-state index contributed by atoms with van der Waals surface area (Å²) in [5.74, 6) is -0.745. The molecule has 1 aromatic heterocycles. The number of carbonyl (C=O) groups is 2. The van der Waals surface area contributed by atoms with E-state index in [1.54, 1.807) is 55.5 Å². The molecular weight excluding hydrogens is 402 g/mol. The highest BCUT2D eigenvalue weighted by molar-refractivity contribution is 6.31. The summed E-state index contributed by atoms with van der Waals surface area (Å²) in [6.07, 6.45) is 0. The van der Waals surface area contributed by atoms with Crippen molar-refractivity contribution in [2.45, 2.75) is 13.8 Å². The lowest BCUT2D eigenvalue weighted by Gasteiger charge is -2.11. The number of anilines is 1. The molecular formula is C23H20ClN3O3. The maximum atomic E-state index is 12.9. The molecule has 1 N–H and O–H groups in total. The number of benzene rings is 2. The van der Waals surface area contributed by atoms with Gasteiger partial charge in [-0.3, -0.25) is 4.79 Å². The highest BCUT2D eigenvalue weighted by Gasteiger charge is 2.21. The maximum absolute atomic E-state index is 12.9. The van der Waals surface area contributed by atoms with Crippen LogP contribution in [-0.4, -0.2) is 23.1 Å². The van der Waals surface area contributed by atoms with Gasteiger partial charge in [-0.1, -0.05) is 11.6 Å². The topological polar surface area (TPSA) is 84.1 Å². The quantitative estimate of drug-likeness (QED) is 0.590. The zero-order chi connectivity index (χ0) is 21.8. The molecule has 0 atom stereocenters. The van der Waals surface area contributed by atoms with Crippen molar-refractivity contribution >= 4 is 29.2 Å². The molecule has 0 radical (unpaired) electrons. The van der Waals surface area contributed by atoms with Crippen LogP contribution in [-0.2, 0) is 11.8 Å². The zero-order valence-corrected chi connectivity index (χ0v) is 17.6. The van der Waals surface area contributed by atoms with Crippen molar-refractivity contribution < 1.29 is 14.3 Å². The number of esters is 1. The monoisotopic (exact) mass is 421 g/mol. The van der Waals surface area contributed by atoms with Crippen LogP contribution in [0.3, 0.4) is 0 Å². The Kier molecular flexibility index (Phi) is 6.24. The highest BCUT2D eigenvalue weighted by Crippen LogP contribution is 2.31. The number of nitrogens with one attached hydrogen (secondary N) is 1. The SMILES string of the molecule is CCOC(=O)c1ccc(Cl)cc1-c1cc(C(=O)Nc2ccc(C#N)cc2)c(C)n1C. The summed E-state index contributed by atoms with van der Waals surface area (Å²) in [6, 6.07) is 15.3. The van der Waals surface area contributed by atoms with Crippen molar-refractivity contribution in [1.29, 1.82) is 5.26 Å². The molecule has 0 saturated heterocycles. The Hall–Kier alpha value is -3.56. The molecule has 0 bridgehead atoms. The second kappa shape index (κ2) is 8.85. The van der Waals surface area contributed by atoms with E-state index in [0.717, 1.165) is 5.69 Å². The molecule has 0 fully saturated rings. The van der Waals surface area contributed by atoms with E-state index in [-0.39, 0.29) is 12.5 Å². The first-order valence-electron chi connectivity index (χ1n) is 9.30. The second-order valence-corrected chi connectivity index (χ2v) is 7.08. The van der Waals surface area contributed by atoms with Gasteiger partial charge in [0, 0.05) is 34.7 Å². The van der Waals surface area contributed by atoms with E-state index in [2.05, 4.69) is 5.32 Å². The average molecular weight is 422 g/mol. The van der Waals surface area contributed by atoms with Gasteiger partial charge in [-0.2, -0.15) is 5.26 Å². The van der Waals surface area contributed by atoms with Gasteiger partial charge in [-0.25, -0.2) is 4.79 Å². The van der Waals surface area contributed by atoms with E-state index in [0.29, 0.717) is 38.7 Å². The van der Waals surface area contributed by atoms with Crippen LogP contribution in [0.4, 0.5) is 5.69 Å². The number of ether oxygens (including phenoxy) is 1. The summed E-state index contributed by atoms with van der Waals surface area (Å²) in [4.78, 5) is 25.3. The molecule has 30 heavy (non-hydrogen) atoms. The van der Waals surface area contributed by atoms with Crippen LogP contribution in [0, 0.1) is 18.3 Å². The number of rotatable bonds is 5. The number of halogens is 1. The van der Waals surface area contributed by atoms with Crippen LogP contribution in [0.5, 0.6) is 0 Å². The summed E-state index contributed by atoms with van der Waals surface area (Å²) in [5, 5.41) is 12.2. The highest BCUT2D eigenvalue weighted by atomic mass is 35.5. The summed E-state index contributed by atoms with van der Waals surface area (Å²) >= 11 is 6.18. The van der Waals surface area contributed by atoms with Crippen LogP contribution in [0.2, 0.25) is 5.02 Å². The minimum Gasteiger partial charge on any atom is -0.462 e. The van der Waals surface area contributed by atoms with Crippen molar-refractivity contribution in [3.8, 4) is 17.3 Å². The Morgan fingerprint density at radius 3 is 2.47 bits per heavy atom. The van der Waals surface area contributed by atoms with Crippen LogP contribution in [0.1, 0.15) is 38.9 Å². The normalized spacial score (nSPS) is 10.4. The van der Waals surface area contributed by atoms with Gasteiger partial charge in [0.05, 0.1) is 29.4 Å². The van der Waals surface area contributed by atoms with Gasteiger partial charge in [-0.05, 0) is 62.4 Å². The lowest BCUT2D eigenvalue weighted by molar-refractivity contribution is 0.0527. The minimum absolute atomic E-state index is 0.255. The second-order valence-electron chi connectivity index (χ2n) is 6.64. The number of amides is 1. The van der Waals surface area contributed by atoms with Crippen LogP contribution < -0.4 is 5.32 Å². The van der Waals surface area contributed by atoms with E-state index < -0.39 is 5.97 Å². The molecule has 0 spiro atoms. The first kappa shape index (κ1) is 21.2. The first-order chi connectivity index (χ1) is 14.3. The molecule has 0 unspecified atom stereocenters. The number of nitriles is 1. The van der Waals surface area contributed by atoms with Gasteiger partial charge in [0.25, 0.3) is 5.91 Å². The van der Waals surface area contributed by atoms with E-state index >= 15 is 0 Å². The van der Waals surface area contributed by atoms with Crippen molar-refractivity contribution in [2.75, 3.05) is 11.9 Å². The fourth-order valence-corrected chi connectivity index (χ4v) is 3.30. The molecule has 0 aliphatic carbocycles. The van der Waals surface area contributed by atoms with Crippen molar-refractivity contribution in [1.82, 2.24) is 4.57 Å². The van der Waals surface area contributed by atoms with Crippen molar-refractivity contribution in [2.24, 2.45) is 7.05 Å². The Morgan fingerprint density at radius 1 is 1.13 bits per heavy atom. The average Bonchev–Trinajstić information content (AvgIpc) is 3.03. The molecule has 3 aromatic rings. The summed E-state index contributed by atoms with van der Waals surface area (Å²) in [6.45, 7) is 3.82. The molecule has 2 aromatic carbocycles. The molecule has 0 aliphatic rings. The molecule has 6 nitrogen and oxygen atoms in total. The molecule has 1 heterocycles. The standard InChI is InChI=1S/C23H20ClN3O3/c1-4-30-23(29)18-10-7-16(24)11-20(18)21-12-19(14(2)27(21)3)22(28)26-17-8-5-15(13-25)6-9-17/h5-12H,4H2,1-3H3,(H,26,28). The Morgan fingerprint density at radius 2 is 1.83 bits per heavy atom.